The zero-order valence-electron chi connectivity index (χ0n) is 13.4. The molecule has 0 amide bonds. The maximum atomic E-state index is 6.87. The van der Waals surface area contributed by atoms with Crippen LogP contribution in [0.4, 0.5) is 0 Å². The number of nitrogens with zero attached hydrogens (tertiary/aromatic N) is 2. The normalized spacial score (nSPS) is 31.0. The van der Waals surface area contributed by atoms with Gasteiger partial charge in [0.25, 0.3) is 0 Å². The summed E-state index contributed by atoms with van der Waals surface area (Å²) in [6.07, 6.45) is 4.43. The highest BCUT2D eigenvalue weighted by Crippen LogP contribution is 2.42. The fourth-order valence-corrected chi connectivity index (χ4v) is 4.27. The Morgan fingerprint density at radius 3 is 2.60 bits per heavy atom. The van der Waals surface area contributed by atoms with Gasteiger partial charge >= 0.3 is 0 Å². The van der Waals surface area contributed by atoms with Crippen LogP contribution in [0, 0.1) is 24.7 Å². The molecule has 1 aromatic rings. The topological polar surface area (TPSA) is 43.8 Å². The van der Waals surface area contributed by atoms with Gasteiger partial charge in [-0.15, -0.1) is 0 Å². The van der Waals surface area contributed by atoms with Crippen LogP contribution in [0.25, 0.3) is 0 Å². The molecule has 1 aliphatic carbocycles. The van der Waals surface area contributed by atoms with E-state index in [1.54, 1.807) is 0 Å². The van der Waals surface area contributed by atoms with E-state index in [9.17, 15) is 0 Å². The summed E-state index contributed by atoms with van der Waals surface area (Å²) in [7, 11) is 1.97. The second-order valence-corrected chi connectivity index (χ2v) is 7.49. The van der Waals surface area contributed by atoms with Crippen LogP contribution < -0.4 is 5.73 Å². The van der Waals surface area contributed by atoms with E-state index in [1.807, 2.05) is 18.7 Å². The van der Waals surface area contributed by atoms with Gasteiger partial charge in [-0.1, -0.05) is 38.8 Å². The Kier molecular flexibility index (Phi) is 4.50. The molecule has 20 heavy (non-hydrogen) atoms. The van der Waals surface area contributed by atoms with E-state index in [0.29, 0.717) is 17.8 Å². The third-order valence-electron chi connectivity index (χ3n) is 5.00. The average molecular weight is 298 g/mol. The Labute approximate surface area is 127 Å². The lowest BCUT2D eigenvalue weighted by atomic mass is 9.64. The van der Waals surface area contributed by atoms with Crippen LogP contribution >= 0.6 is 11.6 Å². The monoisotopic (exact) mass is 297 g/mol. The Morgan fingerprint density at radius 2 is 2.10 bits per heavy atom. The molecule has 0 spiro atoms. The van der Waals surface area contributed by atoms with Gasteiger partial charge in [0.2, 0.25) is 0 Å². The molecule has 0 aromatic carbocycles. The zero-order chi connectivity index (χ0) is 15.1. The number of aryl methyl sites for hydroxylation is 2. The summed E-state index contributed by atoms with van der Waals surface area (Å²) in [5.74, 6) is 1.87. The van der Waals surface area contributed by atoms with Crippen LogP contribution in [-0.2, 0) is 13.5 Å². The lowest BCUT2D eigenvalue weighted by Gasteiger charge is -2.46. The molecule has 1 aliphatic rings. The summed E-state index contributed by atoms with van der Waals surface area (Å²) in [5.41, 5.74) is 8.71. The molecule has 1 heterocycles. The maximum Gasteiger partial charge on any atom is 0.0847 e. The molecular weight excluding hydrogens is 270 g/mol. The first-order chi connectivity index (χ1) is 9.24. The summed E-state index contributed by atoms with van der Waals surface area (Å²) in [6.45, 7) is 8.85. The van der Waals surface area contributed by atoms with E-state index in [2.05, 4.69) is 25.9 Å². The minimum absolute atomic E-state index is 0.157. The number of nitrogens with two attached hydrogens (primary N) is 1. The summed E-state index contributed by atoms with van der Waals surface area (Å²) >= 11 is 6.42. The predicted octanol–water partition coefficient (Wildman–Crippen LogP) is 3.71. The molecule has 2 N–H and O–H groups in total. The van der Waals surface area contributed by atoms with Crippen molar-refractivity contribution in [3.05, 3.63) is 16.4 Å². The summed E-state index contributed by atoms with van der Waals surface area (Å²) in [4.78, 5) is 0. The van der Waals surface area contributed by atoms with Crippen LogP contribution in [0.5, 0.6) is 0 Å². The van der Waals surface area contributed by atoms with Crippen molar-refractivity contribution < 1.29 is 0 Å². The molecule has 3 atom stereocenters. The van der Waals surface area contributed by atoms with Crippen molar-refractivity contribution in [3.8, 4) is 0 Å². The van der Waals surface area contributed by atoms with Crippen LogP contribution in [0.2, 0.25) is 5.02 Å². The highest BCUT2D eigenvalue weighted by atomic mass is 35.5. The van der Waals surface area contributed by atoms with Crippen molar-refractivity contribution in [1.29, 1.82) is 0 Å². The van der Waals surface area contributed by atoms with E-state index >= 15 is 0 Å². The zero-order valence-corrected chi connectivity index (χ0v) is 14.2. The van der Waals surface area contributed by atoms with E-state index < -0.39 is 0 Å². The molecular formula is C16H28ClN3. The number of halogens is 1. The lowest BCUT2D eigenvalue weighted by Crippen LogP contribution is -2.54. The van der Waals surface area contributed by atoms with Gasteiger partial charge in [-0.3, -0.25) is 4.68 Å². The van der Waals surface area contributed by atoms with Crippen molar-refractivity contribution in [2.24, 2.45) is 30.5 Å². The maximum absolute atomic E-state index is 6.87. The van der Waals surface area contributed by atoms with E-state index in [-0.39, 0.29) is 5.54 Å². The molecule has 3 unspecified atom stereocenters. The van der Waals surface area contributed by atoms with Crippen molar-refractivity contribution in [3.63, 3.8) is 0 Å². The summed E-state index contributed by atoms with van der Waals surface area (Å²) < 4.78 is 1.91. The lowest BCUT2D eigenvalue weighted by molar-refractivity contribution is 0.107. The Hall–Kier alpha value is -0.540. The Bertz CT molecular complexity index is 480. The van der Waals surface area contributed by atoms with E-state index in [0.717, 1.165) is 29.3 Å². The molecule has 4 heteroatoms. The second kappa shape index (κ2) is 5.69. The van der Waals surface area contributed by atoms with Crippen LogP contribution in [0.15, 0.2) is 0 Å². The number of aromatic nitrogens is 2. The standard InChI is InChI=1S/C16H28ClN3/c1-10(2)13-7-6-11(3)8-16(13,18)9-14-15(17)12(4)19-20(14)5/h10-11,13H,6-9,18H2,1-5H3. The quantitative estimate of drug-likeness (QED) is 0.924. The molecule has 0 saturated heterocycles. The van der Waals surface area contributed by atoms with Crippen LogP contribution in [-0.4, -0.2) is 15.3 Å². The number of hydrogen-bond acceptors (Lipinski definition) is 2. The third-order valence-corrected chi connectivity index (χ3v) is 5.49. The van der Waals surface area contributed by atoms with Gasteiger partial charge in [-0.25, -0.2) is 0 Å². The first kappa shape index (κ1) is 15.8. The predicted molar refractivity (Wildman–Crippen MR) is 84.9 cm³/mol. The molecule has 0 bridgehead atoms. The van der Waals surface area contributed by atoms with Gasteiger partial charge in [0, 0.05) is 19.0 Å². The summed E-state index contributed by atoms with van der Waals surface area (Å²) in [5, 5.41) is 5.22. The van der Waals surface area contributed by atoms with Gasteiger partial charge in [-0.2, -0.15) is 5.10 Å². The van der Waals surface area contributed by atoms with Crippen LogP contribution in [0.3, 0.4) is 0 Å². The molecule has 0 aliphatic heterocycles. The van der Waals surface area contributed by atoms with Gasteiger partial charge in [0.1, 0.15) is 0 Å². The molecule has 3 nitrogen and oxygen atoms in total. The first-order valence-corrected chi connectivity index (χ1v) is 8.09. The minimum Gasteiger partial charge on any atom is -0.324 e. The largest absolute Gasteiger partial charge is 0.324 e. The molecule has 1 fully saturated rings. The van der Waals surface area contributed by atoms with Gasteiger partial charge in [-0.05, 0) is 37.5 Å². The van der Waals surface area contributed by atoms with Gasteiger partial charge in [0.15, 0.2) is 0 Å². The molecule has 114 valence electrons. The molecule has 1 aromatic heterocycles. The fourth-order valence-electron chi connectivity index (χ4n) is 4.04. The van der Waals surface area contributed by atoms with Crippen LogP contribution in [0.1, 0.15) is 51.4 Å². The van der Waals surface area contributed by atoms with Gasteiger partial charge in [0.05, 0.1) is 16.4 Å². The Morgan fingerprint density at radius 1 is 1.45 bits per heavy atom. The minimum atomic E-state index is -0.157. The molecule has 2 rings (SSSR count). The van der Waals surface area contributed by atoms with Crippen molar-refractivity contribution >= 4 is 11.6 Å². The fraction of sp³-hybridized carbons (Fsp3) is 0.812. The molecule has 0 radical (unpaired) electrons. The smallest absolute Gasteiger partial charge is 0.0847 e. The first-order valence-electron chi connectivity index (χ1n) is 7.71. The van der Waals surface area contributed by atoms with E-state index in [4.69, 9.17) is 17.3 Å². The Balaban J connectivity index is 2.31. The van der Waals surface area contributed by atoms with Crippen molar-refractivity contribution in [1.82, 2.24) is 9.78 Å². The highest BCUT2D eigenvalue weighted by Gasteiger charge is 2.42. The van der Waals surface area contributed by atoms with Crippen molar-refractivity contribution in [2.45, 2.75) is 58.9 Å². The van der Waals surface area contributed by atoms with Gasteiger partial charge < -0.3 is 5.73 Å². The van der Waals surface area contributed by atoms with E-state index in [1.165, 1.54) is 12.8 Å². The van der Waals surface area contributed by atoms with Crippen molar-refractivity contribution in [2.75, 3.05) is 0 Å². The second-order valence-electron chi connectivity index (χ2n) is 7.12. The average Bonchev–Trinajstić information content (AvgIpc) is 2.55. The SMILES string of the molecule is Cc1nn(C)c(CC2(N)CC(C)CCC2C(C)C)c1Cl. The summed E-state index contributed by atoms with van der Waals surface area (Å²) in [6, 6.07) is 0. The third kappa shape index (κ3) is 2.89. The number of rotatable bonds is 3. The highest BCUT2D eigenvalue weighted by molar-refractivity contribution is 6.31. The number of hydrogen-bond donors (Lipinski definition) is 1. The molecule has 1 saturated carbocycles.